The van der Waals surface area contributed by atoms with Crippen LogP contribution in [-0.4, -0.2) is 18.8 Å². The van der Waals surface area contributed by atoms with Gasteiger partial charge in [0.15, 0.2) is 0 Å². The first kappa shape index (κ1) is 15.6. The largest absolute Gasteiger partial charge is 0.404 e. The zero-order valence-corrected chi connectivity index (χ0v) is 11.3. The highest BCUT2D eigenvalue weighted by atomic mass is 35.5. The fourth-order valence-electron chi connectivity index (χ4n) is 1.53. The van der Waals surface area contributed by atoms with Crippen LogP contribution >= 0.6 is 23.2 Å². The Morgan fingerprint density at radius 2 is 1.94 bits per heavy atom. The second-order valence-electron chi connectivity index (χ2n) is 3.99. The summed E-state index contributed by atoms with van der Waals surface area (Å²) in [6.07, 6.45) is -3.85. The minimum atomic E-state index is -4.29. The van der Waals surface area contributed by atoms with E-state index in [1.165, 1.54) is 18.2 Å². The molecule has 1 N–H and O–H groups in total. The molecule has 1 unspecified atom stereocenters. The summed E-state index contributed by atoms with van der Waals surface area (Å²) in [4.78, 5) is 0. The monoisotopic (exact) mass is 299 g/mol. The van der Waals surface area contributed by atoms with Crippen molar-refractivity contribution in [1.29, 1.82) is 0 Å². The molecule has 18 heavy (non-hydrogen) atoms. The fraction of sp³-hybridized carbons (Fsp3) is 0.500. The average Bonchev–Trinajstić information content (AvgIpc) is 2.25. The molecule has 0 spiro atoms. The standard InChI is InChI=1S/C12H14Cl2F3N/c1-2-5-18-11(12(15,16)17)6-8-3-4-9(13)7-10(8)14/h3-4,7,11,18H,2,5-6H2,1H3. The van der Waals surface area contributed by atoms with Gasteiger partial charge in [-0.2, -0.15) is 13.2 Å². The van der Waals surface area contributed by atoms with Gasteiger partial charge in [-0.3, -0.25) is 0 Å². The lowest BCUT2D eigenvalue weighted by molar-refractivity contribution is -0.155. The first-order valence-electron chi connectivity index (χ1n) is 5.58. The minimum Gasteiger partial charge on any atom is -0.306 e. The maximum atomic E-state index is 12.8. The highest BCUT2D eigenvalue weighted by Crippen LogP contribution is 2.27. The third kappa shape index (κ3) is 4.67. The van der Waals surface area contributed by atoms with Crippen LogP contribution in [0.1, 0.15) is 18.9 Å². The van der Waals surface area contributed by atoms with Crippen LogP contribution < -0.4 is 5.32 Å². The van der Waals surface area contributed by atoms with Crippen molar-refractivity contribution in [3.05, 3.63) is 33.8 Å². The molecule has 1 nitrogen and oxygen atoms in total. The number of alkyl halides is 3. The first-order valence-corrected chi connectivity index (χ1v) is 6.34. The Labute approximate surface area is 114 Å². The van der Waals surface area contributed by atoms with Gasteiger partial charge in [0, 0.05) is 10.0 Å². The number of nitrogens with one attached hydrogen (secondary N) is 1. The lowest BCUT2D eigenvalue weighted by atomic mass is 10.1. The molecular formula is C12H14Cl2F3N. The molecule has 0 saturated carbocycles. The summed E-state index contributed by atoms with van der Waals surface area (Å²) in [5.74, 6) is 0. The third-order valence-electron chi connectivity index (χ3n) is 2.48. The molecule has 1 aromatic rings. The molecule has 0 heterocycles. The molecule has 0 aromatic heterocycles. The number of hydrogen-bond acceptors (Lipinski definition) is 1. The van der Waals surface area contributed by atoms with Gasteiger partial charge in [0.1, 0.15) is 6.04 Å². The summed E-state index contributed by atoms with van der Waals surface area (Å²) in [7, 11) is 0. The van der Waals surface area contributed by atoms with E-state index in [2.05, 4.69) is 5.32 Å². The van der Waals surface area contributed by atoms with Crippen molar-refractivity contribution < 1.29 is 13.2 Å². The molecule has 0 radical (unpaired) electrons. The van der Waals surface area contributed by atoms with Gasteiger partial charge in [0.2, 0.25) is 0 Å². The van der Waals surface area contributed by atoms with E-state index in [1.807, 2.05) is 6.92 Å². The lowest BCUT2D eigenvalue weighted by Crippen LogP contribution is -2.44. The fourth-order valence-corrected chi connectivity index (χ4v) is 2.01. The highest BCUT2D eigenvalue weighted by Gasteiger charge is 2.39. The van der Waals surface area contributed by atoms with Gasteiger partial charge in [-0.05, 0) is 37.1 Å². The van der Waals surface area contributed by atoms with E-state index in [1.54, 1.807) is 0 Å². The van der Waals surface area contributed by atoms with Crippen LogP contribution in [0.3, 0.4) is 0 Å². The van der Waals surface area contributed by atoms with Crippen molar-refractivity contribution in [2.24, 2.45) is 0 Å². The Hall–Kier alpha value is -0.450. The van der Waals surface area contributed by atoms with Crippen LogP contribution in [0.4, 0.5) is 13.2 Å². The Morgan fingerprint density at radius 3 is 2.44 bits per heavy atom. The maximum absolute atomic E-state index is 12.8. The summed E-state index contributed by atoms with van der Waals surface area (Å²) in [5.41, 5.74) is 0.437. The van der Waals surface area contributed by atoms with Gasteiger partial charge < -0.3 is 5.32 Å². The average molecular weight is 300 g/mol. The predicted molar refractivity (Wildman–Crippen MR) is 68.3 cm³/mol. The predicted octanol–water partition coefficient (Wildman–Crippen LogP) is 4.47. The van der Waals surface area contributed by atoms with Crippen LogP contribution in [0.15, 0.2) is 18.2 Å². The van der Waals surface area contributed by atoms with Gasteiger partial charge in [0.05, 0.1) is 0 Å². The zero-order valence-electron chi connectivity index (χ0n) is 9.82. The van der Waals surface area contributed by atoms with Crippen molar-refractivity contribution in [2.45, 2.75) is 32.0 Å². The molecular weight excluding hydrogens is 286 g/mol. The van der Waals surface area contributed by atoms with Crippen LogP contribution in [0.25, 0.3) is 0 Å². The first-order chi connectivity index (χ1) is 8.34. The minimum absolute atomic E-state index is 0.195. The van der Waals surface area contributed by atoms with Crippen LogP contribution in [0.5, 0.6) is 0 Å². The quantitative estimate of drug-likeness (QED) is 0.846. The molecule has 6 heteroatoms. The second-order valence-corrected chi connectivity index (χ2v) is 4.83. The van der Waals surface area contributed by atoms with E-state index < -0.39 is 12.2 Å². The molecule has 1 rings (SSSR count). The molecule has 0 aliphatic carbocycles. The Balaban J connectivity index is 2.82. The molecule has 0 aliphatic rings. The van der Waals surface area contributed by atoms with E-state index in [0.29, 0.717) is 23.6 Å². The van der Waals surface area contributed by atoms with Crippen molar-refractivity contribution in [1.82, 2.24) is 5.32 Å². The molecule has 0 aliphatic heterocycles. The van der Waals surface area contributed by atoms with E-state index in [-0.39, 0.29) is 11.4 Å². The molecule has 1 aromatic carbocycles. The van der Waals surface area contributed by atoms with E-state index in [0.717, 1.165) is 0 Å². The number of rotatable bonds is 5. The smallest absolute Gasteiger partial charge is 0.306 e. The van der Waals surface area contributed by atoms with E-state index in [9.17, 15) is 13.2 Å². The number of hydrogen-bond donors (Lipinski definition) is 1. The van der Waals surface area contributed by atoms with Crippen molar-refractivity contribution in [3.63, 3.8) is 0 Å². The summed E-state index contributed by atoms with van der Waals surface area (Å²) in [6, 6.07) is 2.93. The number of benzene rings is 1. The van der Waals surface area contributed by atoms with Gasteiger partial charge >= 0.3 is 6.18 Å². The zero-order chi connectivity index (χ0) is 13.8. The topological polar surface area (TPSA) is 12.0 Å². The van der Waals surface area contributed by atoms with Crippen molar-refractivity contribution in [3.8, 4) is 0 Å². The normalized spacial score (nSPS) is 13.7. The summed E-state index contributed by atoms with van der Waals surface area (Å²) >= 11 is 11.6. The molecule has 102 valence electrons. The van der Waals surface area contributed by atoms with Gasteiger partial charge in [-0.25, -0.2) is 0 Å². The molecule has 1 atom stereocenters. The van der Waals surface area contributed by atoms with Gasteiger partial charge in [-0.1, -0.05) is 36.2 Å². The Kier molecular flexibility index (Phi) is 5.76. The SMILES string of the molecule is CCCNC(Cc1ccc(Cl)cc1Cl)C(F)(F)F. The molecule has 0 amide bonds. The molecule has 0 saturated heterocycles. The molecule has 0 fully saturated rings. The van der Waals surface area contributed by atoms with Gasteiger partial charge in [-0.15, -0.1) is 0 Å². The van der Waals surface area contributed by atoms with Crippen LogP contribution in [0, 0.1) is 0 Å². The maximum Gasteiger partial charge on any atom is 0.404 e. The lowest BCUT2D eigenvalue weighted by Gasteiger charge is -2.22. The second kappa shape index (κ2) is 6.64. The summed E-state index contributed by atoms with van der Waals surface area (Å²) < 4.78 is 38.4. The molecule has 0 bridgehead atoms. The Bertz CT molecular complexity index is 393. The Morgan fingerprint density at radius 1 is 1.28 bits per heavy atom. The van der Waals surface area contributed by atoms with Crippen molar-refractivity contribution in [2.75, 3.05) is 6.54 Å². The van der Waals surface area contributed by atoms with Crippen LogP contribution in [-0.2, 0) is 6.42 Å². The van der Waals surface area contributed by atoms with Gasteiger partial charge in [0.25, 0.3) is 0 Å². The van der Waals surface area contributed by atoms with Crippen LogP contribution in [0.2, 0.25) is 10.0 Å². The van der Waals surface area contributed by atoms with Crippen molar-refractivity contribution >= 4 is 23.2 Å². The number of halogens is 5. The van der Waals surface area contributed by atoms with E-state index >= 15 is 0 Å². The highest BCUT2D eigenvalue weighted by molar-refractivity contribution is 6.35. The summed E-state index contributed by atoms with van der Waals surface area (Å²) in [6.45, 7) is 2.13. The summed E-state index contributed by atoms with van der Waals surface area (Å²) in [5, 5.41) is 3.15. The third-order valence-corrected chi connectivity index (χ3v) is 3.06. The van der Waals surface area contributed by atoms with E-state index in [4.69, 9.17) is 23.2 Å².